The van der Waals surface area contributed by atoms with Crippen molar-refractivity contribution in [3.05, 3.63) is 23.0 Å². The van der Waals surface area contributed by atoms with E-state index in [2.05, 4.69) is 25.6 Å². The van der Waals surface area contributed by atoms with Gasteiger partial charge in [-0.05, 0) is 58.4 Å². The summed E-state index contributed by atoms with van der Waals surface area (Å²) in [6, 6.07) is 2.12. The highest BCUT2D eigenvalue weighted by atomic mass is 35.5. The van der Waals surface area contributed by atoms with E-state index in [1.54, 1.807) is 17.5 Å². The normalized spacial score (nSPS) is 28.4. The minimum atomic E-state index is -0.108. The molecule has 1 aliphatic heterocycles. The van der Waals surface area contributed by atoms with E-state index in [-0.39, 0.29) is 29.3 Å². The number of halogens is 1. The van der Waals surface area contributed by atoms with E-state index in [0.29, 0.717) is 11.9 Å². The third-order valence-corrected chi connectivity index (χ3v) is 7.38. The predicted molar refractivity (Wildman–Crippen MR) is 113 cm³/mol. The fourth-order valence-electron chi connectivity index (χ4n) is 4.44. The molecular formula is C20H26ClN5OS. The molecule has 0 bridgehead atoms. The molecule has 2 fully saturated rings. The van der Waals surface area contributed by atoms with Crippen molar-refractivity contribution >= 4 is 34.8 Å². The zero-order valence-electron chi connectivity index (χ0n) is 16.4. The molecule has 28 heavy (non-hydrogen) atoms. The number of carbonyl (C=O) groups excluding carboxylic acids is 1. The Balaban J connectivity index is 1.47. The van der Waals surface area contributed by atoms with Crippen molar-refractivity contribution in [1.82, 2.24) is 20.3 Å². The lowest BCUT2D eigenvalue weighted by Crippen LogP contribution is -2.55. The maximum atomic E-state index is 12.7. The maximum Gasteiger partial charge on any atom is 0.225 e. The molecule has 0 aromatic carbocycles. The Morgan fingerprint density at radius 3 is 2.86 bits per heavy atom. The molecule has 2 N–H and O–H groups in total. The van der Waals surface area contributed by atoms with Gasteiger partial charge in [-0.2, -0.15) is 0 Å². The number of alkyl halides is 1. The summed E-state index contributed by atoms with van der Waals surface area (Å²) in [7, 11) is 0. The molecule has 0 radical (unpaired) electrons. The second-order valence-electron chi connectivity index (χ2n) is 7.97. The van der Waals surface area contributed by atoms with Crippen molar-refractivity contribution in [2.24, 2.45) is 11.8 Å². The van der Waals surface area contributed by atoms with Crippen molar-refractivity contribution < 1.29 is 4.79 Å². The van der Waals surface area contributed by atoms with Gasteiger partial charge in [-0.15, -0.1) is 22.9 Å². The minimum absolute atomic E-state index is 0.0591. The third kappa shape index (κ3) is 4.01. The Kier molecular flexibility index (Phi) is 5.56. The van der Waals surface area contributed by atoms with Crippen LogP contribution in [0.25, 0.3) is 10.6 Å². The zero-order chi connectivity index (χ0) is 19.8. The van der Waals surface area contributed by atoms with Crippen LogP contribution in [0.5, 0.6) is 0 Å². The molecule has 6 nitrogen and oxygen atoms in total. The zero-order valence-corrected chi connectivity index (χ0v) is 18.0. The average molecular weight is 420 g/mol. The van der Waals surface area contributed by atoms with Crippen LogP contribution >= 0.6 is 22.9 Å². The van der Waals surface area contributed by atoms with Crippen LogP contribution in [-0.4, -0.2) is 38.3 Å². The fraction of sp³-hybridized carbons (Fsp3) is 0.600. The first kappa shape index (κ1) is 19.6. The van der Waals surface area contributed by atoms with Gasteiger partial charge in [-0.3, -0.25) is 4.79 Å². The summed E-state index contributed by atoms with van der Waals surface area (Å²) < 4.78 is 0. The number of amides is 1. The second-order valence-corrected chi connectivity index (χ2v) is 9.79. The Labute approximate surface area is 174 Å². The van der Waals surface area contributed by atoms with Crippen molar-refractivity contribution in [1.29, 1.82) is 0 Å². The number of carbonyl (C=O) groups is 1. The highest BCUT2D eigenvalue weighted by molar-refractivity contribution is 7.15. The number of thiazole rings is 1. The number of nitrogens with zero attached hydrogens (tertiary/aromatic N) is 3. The summed E-state index contributed by atoms with van der Waals surface area (Å²) in [4.78, 5) is 27.2. The van der Waals surface area contributed by atoms with Crippen LogP contribution in [0.4, 0.5) is 5.95 Å². The van der Waals surface area contributed by atoms with Crippen molar-refractivity contribution in [2.75, 3.05) is 5.32 Å². The second kappa shape index (κ2) is 7.95. The average Bonchev–Trinajstić information content (AvgIpc) is 3.00. The molecule has 2 aliphatic rings. The van der Waals surface area contributed by atoms with Crippen LogP contribution in [0.2, 0.25) is 0 Å². The molecule has 1 saturated heterocycles. The molecule has 2 aromatic rings. The molecule has 1 aliphatic carbocycles. The largest absolute Gasteiger partial charge is 0.353 e. The number of hydrogen-bond donors (Lipinski definition) is 2. The van der Waals surface area contributed by atoms with E-state index in [4.69, 9.17) is 11.6 Å². The fourth-order valence-corrected chi connectivity index (χ4v) is 5.68. The van der Waals surface area contributed by atoms with Crippen molar-refractivity contribution in [2.45, 2.75) is 63.9 Å². The molecule has 8 heteroatoms. The Morgan fingerprint density at radius 2 is 2.11 bits per heavy atom. The van der Waals surface area contributed by atoms with E-state index < -0.39 is 0 Å². The van der Waals surface area contributed by atoms with Gasteiger partial charge in [-0.25, -0.2) is 15.0 Å². The molecule has 5 atom stereocenters. The van der Waals surface area contributed by atoms with E-state index in [0.717, 1.165) is 47.0 Å². The van der Waals surface area contributed by atoms with E-state index >= 15 is 0 Å². The van der Waals surface area contributed by atoms with E-state index in [1.165, 1.54) is 0 Å². The van der Waals surface area contributed by atoms with Gasteiger partial charge in [0.25, 0.3) is 0 Å². The van der Waals surface area contributed by atoms with Gasteiger partial charge in [0.05, 0.1) is 27.2 Å². The summed E-state index contributed by atoms with van der Waals surface area (Å²) in [5.74, 6) is 1.02. The Bertz CT molecular complexity index is 872. The van der Waals surface area contributed by atoms with Crippen LogP contribution in [0.15, 0.2) is 12.3 Å². The number of aromatic nitrogens is 3. The smallest absolute Gasteiger partial charge is 0.225 e. The number of hydrogen-bond acceptors (Lipinski definition) is 6. The lowest BCUT2D eigenvalue weighted by atomic mass is 9.74. The molecule has 3 heterocycles. The van der Waals surface area contributed by atoms with E-state index in [1.807, 2.05) is 26.8 Å². The molecular weight excluding hydrogens is 394 g/mol. The molecule has 0 spiro atoms. The summed E-state index contributed by atoms with van der Waals surface area (Å²) in [6.45, 7) is 6.02. The molecule has 4 unspecified atom stereocenters. The molecule has 4 rings (SSSR count). The van der Waals surface area contributed by atoms with Crippen LogP contribution in [0.1, 0.15) is 43.3 Å². The van der Waals surface area contributed by atoms with Gasteiger partial charge in [0.15, 0.2) is 0 Å². The molecule has 150 valence electrons. The first-order chi connectivity index (χ1) is 13.4. The van der Waals surface area contributed by atoms with E-state index in [9.17, 15) is 4.79 Å². The standard InChI is InChI=1S/C20H26ClN5OS/c1-10(15-9-13-8-14(21)4-5-16(13)25-19(15)27)24-20-22-7-6-17(26-20)18-11(2)23-12(3)28-18/h6-7,10,13-16H,4-5,8-9H2,1-3H3,(H,25,27)(H,22,24,26)/t10-,13?,14?,15?,16?/m0/s1. The van der Waals surface area contributed by atoms with Gasteiger partial charge < -0.3 is 10.6 Å². The lowest BCUT2D eigenvalue weighted by molar-refractivity contribution is -0.130. The van der Waals surface area contributed by atoms with Gasteiger partial charge in [0.1, 0.15) is 0 Å². The topological polar surface area (TPSA) is 79.8 Å². The van der Waals surface area contributed by atoms with Gasteiger partial charge >= 0.3 is 0 Å². The van der Waals surface area contributed by atoms with Gasteiger partial charge in [-0.1, -0.05) is 0 Å². The number of fused-ring (bicyclic) bond motifs is 1. The Hall–Kier alpha value is -1.73. The lowest BCUT2D eigenvalue weighted by Gasteiger charge is -2.42. The van der Waals surface area contributed by atoms with Crippen molar-refractivity contribution in [3.63, 3.8) is 0 Å². The summed E-state index contributed by atoms with van der Waals surface area (Å²) in [5, 5.41) is 7.82. The first-order valence-corrected chi connectivity index (χ1v) is 11.1. The molecule has 1 saturated carbocycles. The van der Waals surface area contributed by atoms with Gasteiger partial charge in [0.2, 0.25) is 11.9 Å². The molecule has 1 amide bonds. The highest BCUT2D eigenvalue weighted by Gasteiger charge is 2.41. The summed E-state index contributed by atoms with van der Waals surface area (Å²) >= 11 is 8.00. The minimum Gasteiger partial charge on any atom is -0.353 e. The monoisotopic (exact) mass is 419 g/mol. The van der Waals surface area contributed by atoms with Crippen molar-refractivity contribution in [3.8, 4) is 10.6 Å². The SMILES string of the molecule is Cc1nc(C)c(-c2ccnc(N[C@@H](C)C3CC4CC(Cl)CCC4NC3=O)n2)s1. The Morgan fingerprint density at radius 1 is 1.29 bits per heavy atom. The number of piperidine rings is 1. The van der Waals surface area contributed by atoms with Crippen LogP contribution in [0, 0.1) is 25.7 Å². The first-order valence-electron chi connectivity index (χ1n) is 9.89. The number of nitrogens with one attached hydrogen (secondary N) is 2. The quantitative estimate of drug-likeness (QED) is 0.734. The number of rotatable bonds is 4. The third-order valence-electron chi connectivity index (χ3n) is 5.89. The van der Waals surface area contributed by atoms with Crippen LogP contribution in [-0.2, 0) is 4.79 Å². The van der Waals surface area contributed by atoms with Crippen LogP contribution < -0.4 is 10.6 Å². The highest BCUT2D eigenvalue weighted by Crippen LogP contribution is 2.37. The van der Waals surface area contributed by atoms with Crippen LogP contribution in [0.3, 0.4) is 0 Å². The van der Waals surface area contributed by atoms with Gasteiger partial charge in [0, 0.05) is 23.7 Å². The molecule has 2 aromatic heterocycles. The predicted octanol–water partition coefficient (Wildman–Crippen LogP) is 3.93. The number of aryl methyl sites for hydroxylation is 2. The summed E-state index contributed by atoms with van der Waals surface area (Å²) in [5.41, 5.74) is 1.84. The summed E-state index contributed by atoms with van der Waals surface area (Å²) in [6.07, 6.45) is 5.56. The maximum absolute atomic E-state index is 12.7. The number of anilines is 1.